The molecule has 4 nitrogen and oxygen atoms in total. The average Bonchev–Trinajstić information content (AvgIpc) is 2.86. The molecule has 0 aliphatic heterocycles. The third-order valence-electron chi connectivity index (χ3n) is 3.14. The molecule has 0 aliphatic carbocycles. The summed E-state index contributed by atoms with van der Waals surface area (Å²) < 4.78 is 3.78. The minimum Gasteiger partial charge on any atom is -0.352 e. The molecule has 1 atom stereocenters. The molecule has 0 bridgehead atoms. The third-order valence-corrected chi connectivity index (χ3v) is 3.14. The van der Waals surface area contributed by atoms with E-state index in [0.717, 1.165) is 18.5 Å². The van der Waals surface area contributed by atoms with Crippen LogP contribution in [0.3, 0.4) is 0 Å². The van der Waals surface area contributed by atoms with Gasteiger partial charge in [0.15, 0.2) is 0 Å². The van der Waals surface area contributed by atoms with E-state index in [0.29, 0.717) is 6.54 Å². The molecule has 2 heterocycles. The average molecular weight is 245 g/mol. The van der Waals surface area contributed by atoms with Crippen LogP contribution in [0.15, 0.2) is 47.7 Å². The fourth-order valence-electron chi connectivity index (χ4n) is 1.92. The number of nitrogens with two attached hydrogens (primary N) is 1. The minimum absolute atomic E-state index is 0.0372. The molecule has 0 aliphatic rings. The van der Waals surface area contributed by atoms with Gasteiger partial charge in [-0.1, -0.05) is 13.0 Å². The maximum absolute atomic E-state index is 11.5. The van der Waals surface area contributed by atoms with E-state index in [1.807, 2.05) is 24.5 Å². The number of nitrogens with zero attached hydrogens (tertiary/aromatic N) is 2. The van der Waals surface area contributed by atoms with Crippen LogP contribution in [0.2, 0.25) is 0 Å². The molecule has 1 unspecified atom stereocenters. The van der Waals surface area contributed by atoms with E-state index in [4.69, 9.17) is 5.73 Å². The maximum Gasteiger partial charge on any atom is 0.250 e. The first-order chi connectivity index (χ1) is 8.70. The SMILES string of the molecule is CCC(N)c1ccn(CCn2ccccc2=O)c1. The summed E-state index contributed by atoms with van der Waals surface area (Å²) >= 11 is 0. The first-order valence-corrected chi connectivity index (χ1v) is 6.27. The van der Waals surface area contributed by atoms with Crippen LogP contribution in [-0.2, 0) is 13.1 Å². The van der Waals surface area contributed by atoms with Crippen molar-refractivity contribution in [2.24, 2.45) is 5.73 Å². The predicted molar refractivity (Wildman–Crippen MR) is 72.4 cm³/mol. The van der Waals surface area contributed by atoms with Gasteiger partial charge in [-0.25, -0.2) is 0 Å². The molecule has 0 saturated carbocycles. The lowest BCUT2D eigenvalue weighted by Gasteiger charge is -2.07. The molecule has 0 radical (unpaired) electrons. The van der Waals surface area contributed by atoms with Crippen LogP contribution in [0.5, 0.6) is 0 Å². The van der Waals surface area contributed by atoms with Gasteiger partial charge >= 0.3 is 0 Å². The number of hydrogen-bond donors (Lipinski definition) is 1. The van der Waals surface area contributed by atoms with Gasteiger partial charge in [0.1, 0.15) is 0 Å². The van der Waals surface area contributed by atoms with Crippen molar-refractivity contribution in [2.75, 3.05) is 0 Å². The number of hydrogen-bond acceptors (Lipinski definition) is 2. The molecule has 2 aromatic heterocycles. The maximum atomic E-state index is 11.5. The Hall–Kier alpha value is -1.81. The second-order valence-electron chi connectivity index (χ2n) is 4.43. The van der Waals surface area contributed by atoms with Crippen LogP contribution in [-0.4, -0.2) is 9.13 Å². The van der Waals surface area contributed by atoms with Gasteiger partial charge in [0.2, 0.25) is 0 Å². The van der Waals surface area contributed by atoms with Crippen LogP contribution in [0.25, 0.3) is 0 Å². The van der Waals surface area contributed by atoms with Crippen molar-refractivity contribution in [3.8, 4) is 0 Å². The van der Waals surface area contributed by atoms with Crippen molar-refractivity contribution in [3.63, 3.8) is 0 Å². The third kappa shape index (κ3) is 2.90. The summed E-state index contributed by atoms with van der Waals surface area (Å²) in [5.74, 6) is 0. The van der Waals surface area contributed by atoms with Crippen molar-refractivity contribution < 1.29 is 0 Å². The Balaban J connectivity index is 2.01. The first kappa shape index (κ1) is 12.6. The molecular formula is C14H19N3O. The van der Waals surface area contributed by atoms with E-state index in [1.165, 1.54) is 0 Å². The Labute approximate surface area is 107 Å². The highest BCUT2D eigenvalue weighted by molar-refractivity contribution is 5.14. The van der Waals surface area contributed by atoms with E-state index in [9.17, 15) is 4.79 Å². The summed E-state index contributed by atoms with van der Waals surface area (Å²) in [5, 5.41) is 0. The number of aryl methyl sites for hydroxylation is 2. The number of rotatable bonds is 5. The van der Waals surface area contributed by atoms with Gasteiger partial charge in [0.25, 0.3) is 5.56 Å². The van der Waals surface area contributed by atoms with E-state index in [-0.39, 0.29) is 11.6 Å². The smallest absolute Gasteiger partial charge is 0.250 e. The van der Waals surface area contributed by atoms with Gasteiger partial charge in [0.05, 0.1) is 0 Å². The lowest BCUT2D eigenvalue weighted by atomic mass is 10.1. The molecule has 0 aromatic carbocycles. The first-order valence-electron chi connectivity index (χ1n) is 6.27. The second-order valence-corrected chi connectivity index (χ2v) is 4.43. The zero-order valence-corrected chi connectivity index (χ0v) is 10.6. The van der Waals surface area contributed by atoms with E-state index in [1.54, 1.807) is 16.7 Å². The summed E-state index contributed by atoms with van der Waals surface area (Å²) in [6, 6.07) is 7.35. The Morgan fingerprint density at radius 3 is 2.78 bits per heavy atom. The Kier molecular flexibility index (Phi) is 3.99. The second kappa shape index (κ2) is 5.69. The highest BCUT2D eigenvalue weighted by Crippen LogP contribution is 2.13. The van der Waals surface area contributed by atoms with Crippen molar-refractivity contribution in [2.45, 2.75) is 32.5 Å². The Morgan fingerprint density at radius 1 is 1.22 bits per heavy atom. The number of aromatic nitrogens is 2. The minimum atomic E-state index is 0.0372. The van der Waals surface area contributed by atoms with Gasteiger partial charge in [-0.3, -0.25) is 4.79 Å². The van der Waals surface area contributed by atoms with Crippen molar-refractivity contribution in [1.82, 2.24) is 9.13 Å². The molecule has 2 rings (SSSR count). The van der Waals surface area contributed by atoms with Crippen LogP contribution in [0.4, 0.5) is 0 Å². The van der Waals surface area contributed by atoms with Crippen LogP contribution in [0, 0.1) is 0 Å². The molecule has 0 fully saturated rings. The van der Waals surface area contributed by atoms with E-state index >= 15 is 0 Å². The standard InChI is InChI=1S/C14H19N3O/c1-2-13(15)12-6-8-16(11-12)9-10-17-7-4-3-5-14(17)18/h3-8,11,13H,2,9-10,15H2,1H3. The van der Waals surface area contributed by atoms with Crippen molar-refractivity contribution in [1.29, 1.82) is 0 Å². The Bertz CT molecular complexity index is 556. The van der Waals surface area contributed by atoms with E-state index < -0.39 is 0 Å². The molecule has 2 N–H and O–H groups in total. The molecule has 2 aromatic rings. The zero-order valence-electron chi connectivity index (χ0n) is 10.6. The normalized spacial score (nSPS) is 12.6. The lowest BCUT2D eigenvalue weighted by Crippen LogP contribution is -2.20. The molecule has 18 heavy (non-hydrogen) atoms. The topological polar surface area (TPSA) is 52.9 Å². The highest BCUT2D eigenvalue weighted by atomic mass is 16.1. The van der Waals surface area contributed by atoms with Crippen LogP contribution < -0.4 is 11.3 Å². The molecule has 0 spiro atoms. The van der Waals surface area contributed by atoms with E-state index in [2.05, 4.69) is 17.7 Å². The highest BCUT2D eigenvalue weighted by Gasteiger charge is 2.04. The largest absolute Gasteiger partial charge is 0.352 e. The quantitative estimate of drug-likeness (QED) is 0.872. The summed E-state index contributed by atoms with van der Waals surface area (Å²) in [4.78, 5) is 11.5. The van der Waals surface area contributed by atoms with Crippen LogP contribution in [0.1, 0.15) is 24.9 Å². The fourth-order valence-corrected chi connectivity index (χ4v) is 1.92. The van der Waals surface area contributed by atoms with Gasteiger partial charge in [-0.15, -0.1) is 0 Å². The monoisotopic (exact) mass is 245 g/mol. The summed E-state index contributed by atoms with van der Waals surface area (Å²) in [6.45, 7) is 3.53. The number of pyridine rings is 1. The molecule has 0 amide bonds. The fraction of sp³-hybridized carbons (Fsp3) is 0.357. The van der Waals surface area contributed by atoms with Gasteiger partial charge < -0.3 is 14.9 Å². The van der Waals surface area contributed by atoms with Gasteiger partial charge in [-0.2, -0.15) is 0 Å². The van der Waals surface area contributed by atoms with Crippen LogP contribution >= 0.6 is 0 Å². The molecule has 4 heteroatoms. The van der Waals surface area contributed by atoms with Gasteiger partial charge in [0, 0.05) is 43.8 Å². The summed E-state index contributed by atoms with van der Waals surface area (Å²) in [5.41, 5.74) is 7.16. The predicted octanol–water partition coefficient (Wildman–Crippen LogP) is 1.76. The summed E-state index contributed by atoms with van der Waals surface area (Å²) in [7, 11) is 0. The van der Waals surface area contributed by atoms with Gasteiger partial charge in [-0.05, 0) is 24.1 Å². The lowest BCUT2D eigenvalue weighted by molar-refractivity contribution is 0.564. The van der Waals surface area contributed by atoms with Crippen molar-refractivity contribution >= 4 is 0 Å². The molecule has 0 saturated heterocycles. The van der Waals surface area contributed by atoms with Crippen molar-refractivity contribution in [3.05, 3.63) is 58.8 Å². The Morgan fingerprint density at radius 2 is 2.06 bits per heavy atom. The molecular weight excluding hydrogens is 226 g/mol. The zero-order chi connectivity index (χ0) is 13.0. The molecule has 96 valence electrons. The summed E-state index contributed by atoms with van der Waals surface area (Å²) in [6.07, 6.45) is 6.81.